The van der Waals surface area contributed by atoms with Crippen molar-refractivity contribution in [1.82, 2.24) is 4.57 Å². The van der Waals surface area contributed by atoms with Gasteiger partial charge >= 0.3 is 0 Å². The van der Waals surface area contributed by atoms with E-state index in [-0.39, 0.29) is 5.78 Å². The molecule has 0 aliphatic carbocycles. The SMILES string of the molecule is Cc1ccc(C(=O)Cn2cc[n+](C)c2)cc1. The van der Waals surface area contributed by atoms with Gasteiger partial charge in [-0.3, -0.25) is 4.79 Å². The third-order valence-corrected chi connectivity index (χ3v) is 2.52. The van der Waals surface area contributed by atoms with Gasteiger partial charge in [0.2, 0.25) is 12.1 Å². The van der Waals surface area contributed by atoms with E-state index in [1.54, 1.807) is 0 Å². The Morgan fingerprint density at radius 3 is 2.56 bits per heavy atom. The van der Waals surface area contributed by atoms with Crippen molar-refractivity contribution in [3.8, 4) is 0 Å². The summed E-state index contributed by atoms with van der Waals surface area (Å²) < 4.78 is 3.80. The standard InChI is InChI=1S/C13H15N2O/c1-11-3-5-12(6-4-11)13(16)9-15-8-7-14(2)10-15/h3-8,10H,9H2,1-2H3/q+1. The summed E-state index contributed by atoms with van der Waals surface area (Å²) in [6, 6.07) is 7.67. The van der Waals surface area contributed by atoms with E-state index in [0.29, 0.717) is 6.54 Å². The van der Waals surface area contributed by atoms with Crippen LogP contribution in [0.1, 0.15) is 15.9 Å². The Bertz CT molecular complexity index is 497. The summed E-state index contributed by atoms with van der Waals surface area (Å²) in [5.74, 6) is 0.135. The van der Waals surface area contributed by atoms with Gasteiger partial charge < -0.3 is 0 Å². The van der Waals surface area contributed by atoms with Crippen molar-refractivity contribution in [3.63, 3.8) is 0 Å². The molecule has 0 amide bonds. The van der Waals surface area contributed by atoms with Crippen molar-refractivity contribution in [2.45, 2.75) is 13.5 Å². The van der Waals surface area contributed by atoms with E-state index in [1.807, 2.05) is 66.1 Å². The van der Waals surface area contributed by atoms with Gasteiger partial charge in [0.1, 0.15) is 12.4 Å². The predicted octanol–water partition coefficient (Wildman–Crippen LogP) is 1.50. The van der Waals surface area contributed by atoms with E-state index in [9.17, 15) is 4.79 Å². The fourth-order valence-corrected chi connectivity index (χ4v) is 1.59. The zero-order valence-corrected chi connectivity index (χ0v) is 9.55. The maximum Gasteiger partial charge on any atom is 0.243 e. The molecule has 0 aliphatic rings. The van der Waals surface area contributed by atoms with Crippen LogP contribution in [0.5, 0.6) is 0 Å². The van der Waals surface area contributed by atoms with Crippen LogP contribution >= 0.6 is 0 Å². The summed E-state index contributed by atoms with van der Waals surface area (Å²) in [4.78, 5) is 11.9. The highest BCUT2D eigenvalue weighted by Crippen LogP contribution is 2.05. The fraction of sp³-hybridized carbons (Fsp3) is 0.231. The van der Waals surface area contributed by atoms with Crippen molar-refractivity contribution in [1.29, 1.82) is 0 Å². The summed E-state index contributed by atoms with van der Waals surface area (Å²) in [5.41, 5.74) is 1.94. The van der Waals surface area contributed by atoms with E-state index in [1.165, 1.54) is 5.56 Å². The number of aromatic nitrogens is 2. The Balaban J connectivity index is 2.11. The van der Waals surface area contributed by atoms with Gasteiger partial charge in [-0.25, -0.2) is 9.13 Å². The molecule has 0 atom stereocenters. The van der Waals surface area contributed by atoms with Crippen molar-refractivity contribution < 1.29 is 9.36 Å². The van der Waals surface area contributed by atoms with Gasteiger partial charge in [0.15, 0.2) is 6.54 Å². The molecule has 0 saturated carbocycles. The normalized spacial score (nSPS) is 10.4. The molecule has 2 aromatic rings. The first-order valence-corrected chi connectivity index (χ1v) is 5.26. The first kappa shape index (κ1) is 10.6. The molecular weight excluding hydrogens is 200 g/mol. The Morgan fingerprint density at radius 2 is 2.00 bits per heavy atom. The number of Topliss-reactive ketones (excluding diaryl/α,β-unsaturated/α-hetero) is 1. The molecule has 0 N–H and O–H groups in total. The lowest BCUT2D eigenvalue weighted by molar-refractivity contribution is -0.671. The average Bonchev–Trinajstić information content (AvgIpc) is 2.65. The Hall–Kier alpha value is -1.90. The minimum Gasteiger partial charge on any atom is -0.290 e. The van der Waals surface area contributed by atoms with Gasteiger partial charge in [-0.1, -0.05) is 29.8 Å². The van der Waals surface area contributed by atoms with Crippen LogP contribution in [0.4, 0.5) is 0 Å². The molecule has 0 bridgehead atoms. The molecule has 0 aliphatic heterocycles. The third-order valence-electron chi connectivity index (χ3n) is 2.52. The van der Waals surface area contributed by atoms with Gasteiger partial charge in [0.05, 0.1) is 7.05 Å². The van der Waals surface area contributed by atoms with Crippen LogP contribution < -0.4 is 4.57 Å². The van der Waals surface area contributed by atoms with Gasteiger partial charge in [-0.05, 0) is 6.92 Å². The Morgan fingerprint density at radius 1 is 1.31 bits per heavy atom. The van der Waals surface area contributed by atoms with Crippen LogP contribution in [-0.2, 0) is 13.6 Å². The monoisotopic (exact) mass is 215 g/mol. The fourth-order valence-electron chi connectivity index (χ4n) is 1.59. The lowest BCUT2D eigenvalue weighted by atomic mass is 10.1. The molecule has 0 unspecified atom stereocenters. The largest absolute Gasteiger partial charge is 0.290 e. The maximum absolute atomic E-state index is 11.9. The number of aryl methyl sites for hydroxylation is 2. The number of rotatable bonds is 3. The minimum absolute atomic E-state index is 0.135. The molecule has 1 heterocycles. The van der Waals surface area contributed by atoms with Crippen LogP contribution in [0.3, 0.4) is 0 Å². The summed E-state index contributed by atoms with van der Waals surface area (Å²) in [7, 11) is 1.94. The Labute approximate surface area is 95.0 Å². The second-order valence-corrected chi connectivity index (χ2v) is 4.04. The lowest BCUT2D eigenvalue weighted by Crippen LogP contribution is -2.24. The van der Waals surface area contributed by atoms with Crippen molar-refractivity contribution in [2.24, 2.45) is 7.05 Å². The topological polar surface area (TPSA) is 25.9 Å². The second kappa shape index (κ2) is 4.31. The minimum atomic E-state index is 0.135. The highest BCUT2D eigenvalue weighted by atomic mass is 16.1. The lowest BCUT2D eigenvalue weighted by Gasteiger charge is -1.99. The molecule has 82 valence electrons. The smallest absolute Gasteiger partial charge is 0.243 e. The highest BCUT2D eigenvalue weighted by Gasteiger charge is 2.09. The summed E-state index contributed by atoms with van der Waals surface area (Å²) in [6.07, 6.45) is 5.71. The van der Waals surface area contributed by atoms with Gasteiger partial charge in [-0.2, -0.15) is 0 Å². The number of carbonyl (C=O) groups excluding carboxylic acids is 1. The van der Waals surface area contributed by atoms with Gasteiger partial charge in [0, 0.05) is 5.56 Å². The molecular formula is C13H15N2O+. The number of hydrogen-bond acceptors (Lipinski definition) is 1. The van der Waals surface area contributed by atoms with E-state index in [0.717, 1.165) is 5.56 Å². The van der Waals surface area contributed by atoms with E-state index >= 15 is 0 Å². The first-order valence-electron chi connectivity index (χ1n) is 5.26. The van der Waals surface area contributed by atoms with E-state index in [4.69, 9.17) is 0 Å². The molecule has 3 nitrogen and oxygen atoms in total. The quantitative estimate of drug-likeness (QED) is 0.563. The van der Waals surface area contributed by atoms with Gasteiger partial charge in [0.25, 0.3) is 0 Å². The Kier molecular flexibility index (Phi) is 2.86. The predicted molar refractivity (Wildman–Crippen MR) is 61.1 cm³/mol. The second-order valence-electron chi connectivity index (χ2n) is 4.04. The number of carbonyl (C=O) groups is 1. The number of benzene rings is 1. The summed E-state index contributed by atoms with van der Waals surface area (Å²) >= 11 is 0. The maximum atomic E-state index is 11.9. The number of nitrogens with zero attached hydrogens (tertiary/aromatic N) is 2. The highest BCUT2D eigenvalue weighted by molar-refractivity contribution is 5.95. The van der Waals surface area contributed by atoms with Crippen molar-refractivity contribution in [2.75, 3.05) is 0 Å². The molecule has 1 aromatic carbocycles. The van der Waals surface area contributed by atoms with Gasteiger partial charge in [-0.15, -0.1) is 0 Å². The van der Waals surface area contributed by atoms with Crippen LogP contribution in [0.25, 0.3) is 0 Å². The molecule has 16 heavy (non-hydrogen) atoms. The first-order chi connectivity index (χ1) is 7.65. The van der Waals surface area contributed by atoms with Crippen LogP contribution in [0.15, 0.2) is 43.0 Å². The third kappa shape index (κ3) is 2.37. The number of hydrogen-bond donors (Lipinski definition) is 0. The zero-order valence-electron chi connectivity index (χ0n) is 9.55. The molecule has 0 fully saturated rings. The zero-order chi connectivity index (χ0) is 11.5. The number of ketones is 1. The summed E-state index contributed by atoms with van der Waals surface area (Å²) in [6.45, 7) is 2.41. The molecule has 3 heteroatoms. The molecule has 0 saturated heterocycles. The molecule has 1 aromatic heterocycles. The summed E-state index contributed by atoms with van der Waals surface area (Å²) in [5, 5.41) is 0. The van der Waals surface area contributed by atoms with Crippen LogP contribution in [0, 0.1) is 6.92 Å². The number of imidazole rings is 1. The van der Waals surface area contributed by atoms with Crippen molar-refractivity contribution in [3.05, 3.63) is 54.1 Å². The molecule has 0 radical (unpaired) electrons. The van der Waals surface area contributed by atoms with E-state index < -0.39 is 0 Å². The van der Waals surface area contributed by atoms with Crippen LogP contribution in [0.2, 0.25) is 0 Å². The van der Waals surface area contributed by atoms with E-state index in [2.05, 4.69) is 0 Å². The van der Waals surface area contributed by atoms with Crippen LogP contribution in [-0.4, -0.2) is 10.4 Å². The molecule has 0 spiro atoms. The van der Waals surface area contributed by atoms with Crippen molar-refractivity contribution >= 4 is 5.78 Å². The molecule has 2 rings (SSSR count). The average molecular weight is 215 g/mol.